The van der Waals surface area contributed by atoms with E-state index in [1.807, 2.05) is 0 Å². The second-order valence-electron chi connectivity index (χ2n) is 15.6. The van der Waals surface area contributed by atoms with Crippen molar-refractivity contribution >= 4 is 13.8 Å². The van der Waals surface area contributed by atoms with Crippen LogP contribution in [0, 0.1) is 0 Å². The van der Waals surface area contributed by atoms with Crippen LogP contribution in [0.1, 0.15) is 168 Å². The van der Waals surface area contributed by atoms with Gasteiger partial charge in [-0.2, -0.15) is 0 Å². The SMILES string of the molecule is CC/C=C\C/C=C\C/C=C\C/C=C\C/C=C\C/C=C\C/C=C\CCCCOCC(COP(=O)(O)OCCN)OC(=O)CCCCCCCCCC/C=C\C/C=C\C/C=C\C/C=C\CC. The zero-order valence-corrected chi connectivity index (χ0v) is 41.1. The summed E-state index contributed by atoms with van der Waals surface area (Å²) in [5, 5.41) is 0. The summed E-state index contributed by atoms with van der Waals surface area (Å²) in [4.78, 5) is 22.6. The topological polar surface area (TPSA) is 117 Å². The number of phosphoric ester groups is 1. The second-order valence-corrected chi connectivity index (χ2v) is 17.0. The van der Waals surface area contributed by atoms with E-state index in [-0.39, 0.29) is 38.8 Å². The average molecular weight is 908 g/mol. The number of phosphoric acid groups is 1. The van der Waals surface area contributed by atoms with Gasteiger partial charge in [-0.3, -0.25) is 13.8 Å². The van der Waals surface area contributed by atoms with Crippen molar-refractivity contribution in [2.45, 2.75) is 174 Å². The van der Waals surface area contributed by atoms with Gasteiger partial charge in [0, 0.05) is 19.6 Å². The van der Waals surface area contributed by atoms with Gasteiger partial charge in [0.15, 0.2) is 0 Å². The number of nitrogens with two attached hydrogens (primary N) is 1. The van der Waals surface area contributed by atoms with Crippen molar-refractivity contribution in [1.82, 2.24) is 0 Å². The van der Waals surface area contributed by atoms with Crippen LogP contribution in [0.2, 0.25) is 0 Å². The van der Waals surface area contributed by atoms with Gasteiger partial charge in [-0.1, -0.05) is 186 Å². The number of hydrogen-bond donors (Lipinski definition) is 2. The van der Waals surface area contributed by atoms with Gasteiger partial charge in [0.05, 0.1) is 19.8 Å². The van der Waals surface area contributed by atoms with Gasteiger partial charge in [-0.05, 0) is 109 Å². The third-order valence-corrected chi connectivity index (χ3v) is 10.5. The van der Waals surface area contributed by atoms with E-state index in [2.05, 4.69) is 148 Å². The molecule has 362 valence electrons. The van der Waals surface area contributed by atoms with Crippen LogP contribution in [0.3, 0.4) is 0 Å². The van der Waals surface area contributed by atoms with E-state index in [0.29, 0.717) is 6.61 Å². The third kappa shape index (κ3) is 49.7. The minimum absolute atomic E-state index is 0.0729. The maximum Gasteiger partial charge on any atom is 0.472 e. The quantitative estimate of drug-likeness (QED) is 0.0268. The van der Waals surface area contributed by atoms with Gasteiger partial charge in [0.25, 0.3) is 0 Å². The van der Waals surface area contributed by atoms with Gasteiger partial charge in [0.1, 0.15) is 6.10 Å². The molecule has 0 aromatic carbocycles. The van der Waals surface area contributed by atoms with E-state index in [0.717, 1.165) is 122 Å². The predicted octanol–water partition coefficient (Wildman–Crippen LogP) is 15.5. The molecule has 0 aliphatic heterocycles. The smallest absolute Gasteiger partial charge is 0.457 e. The first-order valence-electron chi connectivity index (χ1n) is 24.7. The number of carbonyl (C=O) groups is 1. The van der Waals surface area contributed by atoms with Crippen molar-refractivity contribution < 1.29 is 32.8 Å². The molecule has 0 heterocycles. The molecule has 0 bridgehead atoms. The van der Waals surface area contributed by atoms with Crippen molar-refractivity contribution in [1.29, 1.82) is 0 Å². The maximum atomic E-state index is 12.6. The first kappa shape index (κ1) is 60.6. The van der Waals surface area contributed by atoms with Crippen LogP contribution >= 0.6 is 7.82 Å². The summed E-state index contributed by atoms with van der Waals surface area (Å²) in [5.74, 6) is -0.360. The van der Waals surface area contributed by atoms with E-state index in [1.54, 1.807) is 0 Å². The van der Waals surface area contributed by atoms with Crippen molar-refractivity contribution in [3.05, 3.63) is 134 Å². The fourth-order valence-corrected chi connectivity index (χ4v) is 6.79. The molecule has 2 unspecified atom stereocenters. The zero-order chi connectivity index (χ0) is 46.5. The minimum Gasteiger partial charge on any atom is -0.457 e. The van der Waals surface area contributed by atoms with Crippen LogP contribution < -0.4 is 5.73 Å². The highest BCUT2D eigenvalue weighted by Gasteiger charge is 2.25. The van der Waals surface area contributed by atoms with Crippen molar-refractivity contribution in [2.24, 2.45) is 5.73 Å². The Balaban J connectivity index is 4.13. The highest BCUT2D eigenvalue weighted by molar-refractivity contribution is 7.47. The number of rotatable bonds is 45. The van der Waals surface area contributed by atoms with Gasteiger partial charge < -0.3 is 20.1 Å². The Labute approximate surface area is 391 Å². The molecular formula is C55H90NO7P. The van der Waals surface area contributed by atoms with Crippen LogP contribution in [0.5, 0.6) is 0 Å². The van der Waals surface area contributed by atoms with Crippen molar-refractivity contribution in [3.8, 4) is 0 Å². The van der Waals surface area contributed by atoms with Crippen molar-refractivity contribution in [3.63, 3.8) is 0 Å². The third-order valence-electron chi connectivity index (χ3n) is 9.56. The molecule has 8 nitrogen and oxygen atoms in total. The number of allylic oxidation sites excluding steroid dienone is 22. The summed E-state index contributed by atoms with van der Waals surface area (Å²) in [6.45, 7) is 4.53. The first-order chi connectivity index (χ1) is 31.4. The molecule has 3 N–H and O–H groups in total. The van der Waals surface area contributed by atoms with Gasteiger partial charge in [0.2, 0.25) is 0 Å². The molecule has 0 aliphatic carbocycles. The van der Waals surface area contributed by atoms with E-state index in [9.17, 15) is 14.3 Å². The molecule has 0 rings (SSSR count). The number of esters is 1. The molecule has 0 saturated heterocycles. The van der Waals surface area contributed by atoms with Crippen LogP contribution in [-0.2, 0) is 27.9 Å². The molecule has 64 heavy (non-hydrogen) atoms. The van der Waals surface area contributed by atoms with Gasteiger partial charge in [-0.25, -0.2) is 4.57 Å². The minimum atomic E-state index is -4.31. The van der Waals surface area contributed by atoms with E-state index >= 15 is 0 Å². The summed E-state index contributed by atoms with van der Waals surface area (Å²) in [6, 6.07) is 0. The zero-order valence-electron chi connectivity index (χ0n) is 40.2. The fourth-order valence-electron chi connectivity index (χ4n) is 6.03. The average Bonchev–Trinajstić information content (AvgIpc) is 3.29. The lowest BCUT2D eigenvalue weighted by Crippen LogP contribution is -2.28. The van der Waals surface area contributed by atoms with Crippen LogP contribution in [0.25, 0.3) is 0 Å². The molecule has 2 atom stereocenters. The van der Waals surface area contributed by atoms with Gasteiger partial charge >= 0.3 is 13.8 Å². The first-order valence-corrected chi connectivity index (χ1v) is 26.2. The molecule has 0 aromatic heterocycles. The summed E-state index contributed by atoms with van der Waals surface area (Å²) < 4.78 is 33.5. The molecule has 0 spiro atoms. The number of hydrogen-bond acceptors (Lipinski definition) is 7. The largest absolute Gasteiger partial charge is 0.472 e. The van der Waals surface area contributed by atoms with Gasteiger partial charge in [-0.15, -0.1) is 0 Å². The normalized spacial score (nSPS) is 14.5. The molecule has 0 amide bonds. The Morgan fingerprint density at radius 3 is 1.23 bits per heavy atom. The number of carbonyl (C=O) groups excluding carboxylic acids is 1. The maximum absolute atomic E-state index is 12.6. The van der Waals surface area contributed by atoms with Crippen LogP contribution in [-0.4, -0.2) is 49.9 Å². The summed E-state index contributed by atoms with van der Waals surface area (Å²) >= 11 is 0. The summed E-state index contributed by atoms with van der Waals surface area (Å²) in [7, 11) is -4.31. The monoisotopic (exact) mass is 908 g/mol. The molecule has 0 saturated carbocycles. The van der Waals surface area contributed by atoms with E-state index in [1.165, 1.54) is 25.7 Å². The Morgan fingerprint density at radius 1 is 0.469 bits per heavy atom. The van der Waals surface area contributed by atoms with Crippen LogP contribution in [0.4, 0.5) is 0 Å². The predicted molar refractivity (Wildman–Crippen MR) is 274 cm³/mol. The highest BCUT2D eigenvalue weighted by Crippen LogP contribution is 2.43. The molecular weight excluding hydrogens is 818 g/mol. The molecule has 0 aromatic rings. The fraction of sp³-hybridized carbons (Fsp3) is 0.582. The Kier molecular flexibility index (Phi) is 48.0. The van der Waals surface area contributed by atoms with Crippen molar-refractivity contribution in [2.75, 3.05) is 33.0 Å². The summed E-state index contributed by atoms with van der Waals surface area (Å²) in [5.41, 5.74) is 5.38. The molecule has 0 aliphatic rings. The molecule has 0 radical (unpaired) electrons. The lowest BCUT2D eigenvalue weighted by Gasteiger charge is -2.20. The standard InChI is InChI=1S/C55H90NO7P/c1-3-5-7-9-11-13-15-17-19-21-23-25-26-27-29-31-33-35-37-39-41-43-45-47-50-60-52-54(53-62-64(58,59)61-51-49-56)63-55(57)48-46-44-42-40-38-36-34-32-30-28-24-22-20-18-16-14-12-10-8-6-4-2/h5-8,11-14,17-20,23-25,27-29,33,35,39,41,54H,3-4,9-10,15-16,21-22,26,30-32,34,36-38,40,42-53,56H2,1-2H3,(H,58,59)/b7-5-,8-6-,13-11-,14-12-,19-17-,20-18-,25-23-,28-24-,29-27-,35-33-,41-39-. The highest BCUT2D eigenvalue weighted by atomic mass is 31.2. The molecule has 0 fully saturated rings. The lowest BCUT2D eigenvalue weighted by molar-refractivity contribution is -0.154. The summed E-state index contributed by atoms with van der Waals surface area (Å²) in [6.07, 6.45) is 72.0. The van der Waals surface area contributed by atoms with E-state index in [4.69, 9.17) is 24.3 Å². The van der Waals surface area contributed by atoms with Crippen LogP contribution in [0.15, 0.2) is 134 Å². The Morgan fingerprint density at radius 2 is 0.828 bits per heavy atom. The lowest BCUT2D eigenvalue weighted by atomic mass is 10.1. The van der Waals surface area contributed by atoms with E-state index < -0.39 is 13.9 Å². The Bertz CT molecular complexity index is 1440. The molecule has 9 heteroatoms. The number of ether oxygens (including phenoxy) is 2. The Hall–Kier alpha value is -3.36. The number of unbranched alkanes of at least 4 members (excludes halogenated alkanes) is 10. The second kappa shape index (κ2) is 50.6.